The number of amides is 1. The van der Waals surface area contributed by atoms with Gasteiger partial charge in [-0.05, 0) is 45.4 Å². The highest BCUT2D eigenvalue weighted by Gasteiger charge is 2.34. The van der Waals surface area contributed by atoms with Crippen molar-refractivity contribution in [1.82, 2.24) is 0 Å². The van der Waals surface area contributed by atoms with E-state index in [1.807, 2.05) is 13.0 Å². The molecule has 1 aromatic rings. The Hall–Kier alpha value is -2.46. The van der Waals surface area contributed by atoms with Crippen LogP contribution >= 0.6 is 7.60 Å². The SMILES string of the molecule is CCOP(=O)(OCC)C(C)Oc1cc(NC(=O)C2=C(C)CN=C2)ccc1C#N. The molecule has 1 aromatic carbocycles. The van der Waals surface area contributed by atoms with Crippen molar-refractivity contribution in [3.63, 3.8) is 0 Å². The fraction of sp³-hybridized carbons (Fsp3) is 0.421. The Morgan fingerprint density at radius 1 is 1.36 bits per heavy atom. The summed E-state index contributed by atoms with van der Waals surface area (Å²) in [5.74, 6) is -1.05. The summed E-state index contributed by atoms with van der Waals surface area (Å²) in [7, 11) is -3.52. The second-order valence-corrected chi connectivity index (χ2v) is 8.36. The molecule has 0 fully saturated rings. The van der Waals surface area contributed by atoms with Gasteiger partial charge >= 0.3 is 7.60 Å². The Morgan fingerprint density at radius 2 is 2.04 bits per heavy atom. The number of carbonyl (C=O) groups excluding carboxylic acids is 1. The van der Waals surface area contributed by atoms with Gasteiger partial charge in [0.15, 0.2) is 5.85 Å². The summed E-state index contributed by atoms with van der Waals surface area (Å²) in [4.78, 5) is 16.5. The molecule has 2 rings (SSSR count). The lowest BCUT2D eigenvalue weighted by Crippen LogP contribution is -2.18. The number of ether oxygens (including phenoxy) is 1. The molecule has 1 aliphatic rings. The lowest BCUT2D eigenvalue weighted by Gasteiger charge is -2.24. The first-order chi connectivity index (χ1) is 13.3. The quantitative estimate of drug-likeness (QED) is 0.624. The van der Waals surface area contributed by atoms with E-state index in [2.05, 4.69) is 10.3 Å². The predicted molar refractivity (Wildman–Crippen MR) is 107 cm³/mol. The lowest BCUT2D eigenvalue weighted by molar-refractivity contribution is -0.112. The third kappa shape index (κ3) is 5.08. The highest BCUT2D eigenvalue weighted by molar-refractivity contribution is 7.54. The normalized spacial score (nSPS) is 14.7. The maximum absolute atomic E-state index is 12.8. The summed E-state index contributed by atoms with van der Waals surface area (Å²) in [6, 6.07) is 6.65. The third-order valence-corrected chi connectivity index (χ3v) is 6.21. The van der Waals surface area contributed by atoms with E-state index in [0.717, 1.165) is 5.57 Å². The molecule has 9 heteroatoms. The van der Waals surface area contributed by atoms with E-state index >= 15 is 0 Å². The van der Waals surface area contributed by atoms with E-state index < -0.39 is 13.4 Å². The van der Waals surface area contributed by atoms with Crippen molar-refractivity contribution in [3.8, 4) is 11.8 Å². The third-order valence-electron chi connectivity index (χ3n) is 3.97. The maximum atomic E-state index is 12.8. The van der Waals surface area contributed by atoms with Crippen LogP contribution in [-0.4, -0.2) is 37.7 Å². The molecule has 8 nitrogen and oxygen atoms in total. The highest BCUT2D eigenvalue weighted by Crippen LogP contribution is 2.53. The van der Waals surface area contributed by atoms with Gasteiger partial charge in [0.1, 0.15) is 11.8 Å². The molecule has 1 unspecified atom stereocenters. The summed E-state index contributed by atoms with van der Waals surface area (Å²) < 4.78 is 29.2. The summed E-state index contributed by atoms with van der Waals surface area (Å²) in [5, 5.41) is 12.1. The van der Waals surface area contributed by atoms with Gasteiger partial charge in [-0.15, -0.1) is 0 Å². The zero-order valence-electron chi connectivity index (χ0n) is 16.4. The van der Waals surface area contributed by atoms with Gasteiger partial charge in [0.25, 0.3) is 5.91 Å². The van der Waals surface area contributed by atoms with Gasteiger partial charge in [0, 0.05) is 18.0 Å². The van der Waals surface area contributed by atoms with Gasteiger partial charge in [-0.3, -0.25) is 14.4 Å². The molecular formula is C19H24N3O5P. The Labute approximate surface area is 164 Å². The Bertz CT molecular complexity index is 878. The van der Waals surface area contributed by atoms with Crippen LogP contribution in [0.25, 0.3) is 0 Å². The largest absolute Gasteiger partial charge is 0.477 e. The lowest BCUT2D eigenvalue weighted by atomic mass is 10.1. The van der Waals surface area contributed by atoms with Crippen LogP contribution in [0.4, 0.5) is 5.69 Å². The first-order valence-electron chi connectivity index (χ1n) is 8.95. The summed E-state index contributed by atoms with van der Waals surface area (Å²) in [6.45, 7) is 7.71. The molecule has 1 atom stereocenters. The summed E-state index contributed by atoms with van der Waals surface area (Å²) >= 11 is 0. The summed E-state index contributed by atoms with van der Waals surface area (Å²) in [6.07, 6.45) is 1.54. The standard InChI is InChI=1S/C19H24N3O5P/c1-5-25-28(24,26-6-2)14(4)27-18-9-16(8-7-15(18)10-20)22-19(23)17-12-21-11-13(17)3/h7-9,12,14H,5-6,11H2,1-4H3,(H,22,23). The fourth-order valence-corrected chi connectivity index (χ4v) is 4.02. The molecule has 1 aliphatic heterocycles. The molecular weight excluding hydrogens is 381 g/mol. The number of nitrogens with one attached hydrogen (secondary N) is 1. The van der Waals surface area contributed by atoms with Gasteiger partial charge in [-0.25, -0.2) is 0 Å². The van der Waals surface area contributed by atoms with Crippen LogP contribution < -0.4 is 10.1 Å². The van der Waals surface area contributed by atoms with E-state index in [9.17, 15) is 14.6 Å². The van der Waals surface area contributed by atoms with Crippen molar-refractivity contribution >= 4 is 25.4 Å². The number of carbonyl (C=O) groups is 1. The van der Waals surface area contributed by atoms with Crippen molar-refractivity contribution in [2.75, 3.05) is 25.1 Å². The van der Waals surface area contributed by atoms with E-state index in [0.29, 0.717) is 17.8 Å². The van der Waals surface area contributed by atoms with Crippen LogP contribution in [0, 0.1) is 11.3 Å². The first kappa shape index (κ1) is 21.8. The van der Waals surface area contributed by atoms with Gasteiger partial charge in [0.05, 0.1) is 30.9 Å². The van der Waals surface area contributed by atoms with Crippen LogP contribution in [0.15, 0.2) is 34.3 Å². The molecule has 0 spiro atoms. The molecule has 1 amide bonds. The van der Waals surface area contributed by atoms with Crippen LogP contribution in [0.5, 0.6) is 5.75 Å². The number of nitriles is 1. The van der Waals surface area contributed by atoms with E-state index in [-0.39, 0.29) is 30.4 Å². The number of aliphatic imine (C=N–C) groups is 1. The maximum Gasteiger partial charge on any atom is 0.370 e. The number of hydrogen-bond acceptors (Lipinski definition) is 7. The number of benzene rings is 1. The minimum absolute atomic E-state index is 0.179. The van der Waals surface area contributed by atoms with Crippen LogP contribution in [-0.2, 0) is 18.4 Å². The average Bonchev–Trinajstić information content (AvgIpc) is 3.08. The van der Waals surface area contributed by atoms with Gasteiger partial charge in [-0.2, -0.15) is 5.26 Å². The number of nitrogens with zero attached hydrogens (tertiary/aromatic N) is 2. The molecule has 0 bridgehead atoms. The van der Waals surface area contributed by atoms with Crippen molar-refractivity contribution in [1.29, 1.82) is 5.26 Å². The van der Waals surface area contributed by atoms with Gasteiger partial charge in [-0.1, -0.05) is 0 Å². The second-order valence-electron chi connectivity index (χ2n) is 6.03. The number of anilines is 1. The Kier molecular flexibility index (Phi) is 7.53. The van der Waals surface area contributed by atoms with E-state index in [1.165, 1.54) is 18.3 Å². The minimum Gasteiger partial charge on any atom is -0.477 e. The van der Waals surface area contributed by atoms with E-state index in [1.54, 1.807) is 26.8 Å². The zero-order chi connectivity index (χ0) is 20.7. The predicted octanol–water partition coefficient (Wildman–Crippen LogP) is 3.89. The minimum atomic E-state index is -3.52. The monoisotopic (exact) mass is 405 g/mol. The summed E-state index contributed by atoms with van der Waals surface area (Å²) in [5.41, 5.74) is 2.07. The van der Waals surface area contributed by atoms with Crippen LogP contribution in [0.1, 0.15) is 33.3 Å². The van der Waals surface area contributed by atoms with E-state index in [4.69, 9.17) is 13.8 Å². The smallest absolute Gasteiger partial charge is 0.370 e. The zero-order valence-corrected chi connectivity index (χ0v) is 17.3. The van der Waals surface area contributed by atoms with Crippen LogP contribution in [0.3, 0.4) is 0 Å². The molecule has 1 heterocycles. The van der Waals surface area contributed by atoms with Crippen molar-refractivity contribution in [3.05, 3.63) is 34.9 Å². The molecule has 0 aliphatic carbocycles. The van der Waals surface area contributed by atoms with Gasteiger partial charge in [0.2, 0.25) is 0 Å². The Morgan fingerprint density at radius 3 is 2.57 bits per heavy atom. The molecule has 0 saturated heterocycles. The topological polar surface area (TPSA) is 110 Å². The molecule has 28 heavy (non-hydrogen) atoms. The van der Waals surface area contributed by atoms with Gasteiger partial charge < -0.3 is 19.1 Å². The molecule has 1 N–H and O–H groups in total. The van der Waals surface area contributed by atoms with Crippen molar-refractivity contribution in [2.45, 2.75) is 33.5 Å². The molecule has 0 radical (unpaired) electrons. The number of hydrogen-bond donors (Lipinski definition) is 1. The molecule has 0 saturated carbocycles. The first-order valence-corrected chi connectivity index (χ1v) is 10.6. The second kappa shape index (κ2) is 9.65. The average molecular weight is 405 g/mol. The fourth-order valence-electron chi connectivity index (χ4n) is 2.57. The Balaban J connectivity index is 2.24. The molecule has 150 valence electrons. The van der Waals surface area contributed by atoms with Crippen molar-refractivity contribution in [2.24, 2.45) is 4.99 Å². The van der Waals surface area contributed by atoms with Crippen LogP contribution in [0.2, 0.25) is 0 Å². The molecule has 0 aromatic heterocycles. The highest BCUT2D eigenvalue weighted by atomic mass is 31.2. The number of rotatable bonds is 9. The van der Waals surface area contributed by atoms with Crippen molar-refractivity contribution < 1.29 is 23.1 Å².